The number of ketones is 1. The van der Waals surface area contributed by atoms with Crippen molar-refractivity contribution in [1.82, 2.24) is 14.8 Å². The van der Waals surface area contributed by atoms with Crippen LogP contribution in [0.25, 0.3) is 17.5 Å². The van der Waals surface area contributed by atoms with Crippen molar-refractivity contribution >= 4 is 35.2 Å². The highest BCUT2D eigenvalue weighted by Crippen LogP contribution is 2.26. The minimum Gasteiger partial charge on any atom is -0.497 e. The van der Waals surface area contributed by atoms with Crippen LogP contribution in [0, 0.1) is 0 Å². The first-order valence-corrected chi connectivity index (χ1v) is 12.5. The van der Waals surface area contributed by atoms with E-state index < -0.39 is 0 Å². The van der Waals surface area contributed by atoms with E-state index in [0.717, 1.165) is 16.9 Å². The summed E-state index contributed by atoms with van der Waals surface area (Å²) in [6, 6.07) is 24.0. The van der Waals surface area contributed by atoms with Gasteiger partial charge >= 0.3 is 0 Å². The average molecular weight is 511 g/mol. The molecule has 37 heavy (non-hydrogen) atoms. The first-order chi connectivity index (χ1) is 18.1. The van der Waals surface area contributed by atoms with Gasteiger partial charge in [-0.05, 0) is 60.2 Å². The molecule has 0 aliphatic rings. The van der Waals surface area contributed by atoms with Crippen LogP contribution in [0.2, 0.25) is 0 Å². The fourth-order valence-electron chi connectivity index (χ4n) is 3.52. The third-order valence-electron chi connectivity index (χ3n) is 5.39. The lowest BCUT2D eigenvalue weighted by atomic mass is 10.1. The third-order valence-corrected chi connectivity index (χ3v) is 6.36. The van der Waals surface area contributed by atoms with E-state index >= 15 is 0 Å². The molecular formula is C29H26N4O3S. The maximum Gasteiger partial charge on any atom is 0.234 e. The van der Waals surface area contributed by atoms with E-state index in [2.05, 4.69) is 22.1 Å². The molecule has 0 radical (unpaired) electrons. The molecule has 4 aromatic rings. The van der Waals surface area contributed by atoms with Crippen LogP contribution in [-0.2, 0) is 11.3 Å². The van der Waals surface area contributed by atoms with Gasteiger partial charge in [-0.2, -0.15) is 0 Å². The summed E-state index contributed by atoms with van der Waals surface area (Å²) in [5.41, 5.74) is 3.00. The molecule has 4 rings (SSSR count). The van der Waals surface area contributed by atoms with Crippen molar-refractivity contribution in [3.8, 4) is 17.1 Å². The molecule has 0 saturated carbocycles. The number of nitrogens with one attached hydrogen (secondary N) is 1. The zero-order valence-corrected chi connectivity index (χ0v) is 21.2. The summed E-state index contributed by atoms with van der Waals surface area (Å²) in [5, 5.41) is 12.1. The van der Waals surface area contributed by atoms with Crippen LogP contribution in [0.5, 0.6) is 5.75 Å². The molecule has 0 aliphatic carbocycles. The molecule has 0 atom stereocenters. The lowest BCUT2D eigenvalue weighted by molar-refractivity contribution is -0.113. The molecule has 3 aromatic carbocycles. The molecule has 0 bridgehead atoms. The number of rotatable bonds is 11. The second kappa shape index (κ2) is 12.5. The highest BCUT2D eigenvalue weighted by molar-refractivity contribution is 7.99. The topological polar surface area (TPSA) is 86.1 Å². The largest absolute Gasteiger partial charge is 0.497 e. The van der Waals surface area contributed by atoms with Crippen molar-refractivity contribution in [3.05, 3.63) is 109 Å². The Morgan fingerprint density at radius 1 is 1.00 bits per heavy atom. The summed E-state index contributed by atoms with van der Waals surface area (Å²) in [4.78, 5) is 25.0. The Labute approximate surface area is 219 Å². The van der Waals surface area contributed by atoms with Crippen LogP contribution < -0.4 is 10.1 Å². The van der Waals surface area contributed by atoms with E-state index in [4.69, 9.17) is 4.74 Å². The fraction of sp³-hybridized carbons (Fsp3) is 0.103. The molecular weight excluding hydrogens is 484 g/mol. The first-order valence-electron chi connectivity index (χ1n) is 11.6. The van der Waals surface area contributed by atoms with Crippen LogP contribution in [0.4, 0.5) is 5.69 Å². The minimum absolute atomic E-state index is 0.105. The number of carbonyl (C=O) groups is 2. The van der Waals surface area contributed by atoms with Gasteiger partial charge < -0.3 is 10.1 Å². The van der Waals surface area contributed by atoms with Crippen LogP contribution in [0.15, 0.2) is 103 Å². The number of aromatic nitrogens is 3. The number of nitrogens with zero attached hydrogens (tertiary/aromatic N) is 3. The number of hydrogen-bond acceptors (Lipinski definition) is 6. The van der Waals surface area contributed by atoms with E-state index in [9.17, 15) is 9.59 Å². The number of amides is 1. The molecule has 1 aromatic heterocycles. The number of benzene rings is 3. The van der Waals surface area contributed by atoms with Crippen molar-refractivity contribution < 1.29 is 14.3 Å². The lowest BCUT2D eigenvalue weighted by Gasteiger charge is -2.09. The van der Waals surface area contributed by atoms with E-state index in [1.54, 1.807) is 49.6 Å². The Bertz CT molecular complexity index is 1400. The molecule has 1 amide bonds. The van der Waals surface area contributed by atoms with Crippen molar-refractivity contribution in [3.63, 3.8) is 0 Å². The van der Waals surface area contributed by atoms with Gasteiger partial charge in [-0.25, -0.2) is 0 Å². The monoisotopic (exact) mass is 510 g/mol. The van der Waals surface area contributed by atoms with Crippen molar-refractivity contribution in [1.29, 1.82) is 0 Å². The second-order valence-corrected chi connectivity index (χ2v) is 8.90. The number of anilines is 1. The van der Waals surface area contributed by atoms with Gasteiger partial charge in [0.2, 0.25) is 5.91 Å². The Morgan fingerprint density at radius 2 is 1.73 bits per heavy atom. The summed E-state index contributed by atoms with van der Waals surface area (Å²) in [5.74, 6) is 1.30. The summed E-state index contributed by atoms with van der Waals surface area (Å²) in [6.45, 7) is 4.33. The molecule has 0 fully saturated rings. The molecule has 1 N–H and O–H groups in total. The Morgan fingerprint density at radius 3 is 2.41 bits per heavy atom. The van der Waals surface area contributed by atoms with Crippen LogP contribution >= 0.6 is 11.8 Å². The number of thioether (sulfide) groups is 1. The van der Waals surface area contributed by atoms with Crippen molar-refractivity contribution in [2.75, 3.05) is 18.2 Å². The maximum absolute atomic E-state index is 12.6. The smallest absolute Gasteiger partial charge is 0.234 e. The van der Waals surface area contributed by atoms with Crippen LogP contribution in [0.1, 0.15) is 15.9 Å². The number of allylic oxidation sites excluding steroid dienone is 2. The maximum atomic E-state index is 12.6. The van der Waals surface area contributed by atoms with E-state index in [-0.39, 0.29) is 17.4 Å². The van der Waals surface area contributed by atoms with Crippen molar-refractivity contribution in [2.45, 2.75) is 11.7 Å². The van der Waals surface area contributed by atoms with E-state index in [1.807, 2.05) is 59.2 Å². The van der Waals surface area contributed by atoms with Gasteiger partial charge in [-0.15, -0.1) is 16.8 Å². The molecule has 1 heterocycles. The predicted octanol–water partition coefficient (Wildman–Crippen LogP) is 5.77. The predicted molar refractivity (Wildman–Crippen MR) is 148 cm³/mol. The van der Waals surface area contributed by atoms with Gasteiger partial charge in [0.1, 0.15) is 5.75 Å². The van der Waals surface area contributed by atoms with Crippen LogP contribution in [-0.4, -0.2) is 39.3 Å². The van der Waals surface area contributed by atoms with Gasteiger partial charge in [0.15, 0.2) is 16.8 Å². The normalized spacial score (nSPS) is 10.8. The number of carbonyl (C=O) groups excluding carboxylic acids is 2. The standard InChI is InChI=1S/C29H26N4O3S/c1-3-19-33-28(23-12-16-25(36-2)17-13-23)31-32-29(33)37-20-27(35)30-24-14-10-22(11-15-24)26(34)18-9-21-7-5-4-6-8-21/h3-18H,1,19-20H2,2H3,(H,30,35)/b18-9+. The Balaban J connectivity index is 1.35. The molecule has 0 saturated heterocycles. The SMILES string of the molecule is C=CCn1c(SCC(=O)Nc2ccc(C(=O)/C=C/c3ccccc3)cc2)nnc1-c1ccc(OC)cc1. The molecule has 7 nitrogen and oxygen atoms in total. The first kappa shape index (κ1) is 25.7. The van der Waals surface area contributed by atoms with Crippen LogP contribution in [0.3, 0.4) is 0 Å². The summed E-state index contributed by atoms with van der Waals surface area (Å²) < 4.78 is 7.13. The van der Waals surface area contributed by atoms with Crippen molar-refractivity contribution in [2.24, 2.45) is 0 Å². The quantitative estimate of drug-likeness (QED) is 0.119. The number of methoxy groups -OCH3 is 1. The zero-order chi connectivity index (χ0) is 26.0. The number of hydrogen-bond donors (Lipinski definition) is 1. The second-order valence-electron chi connectivity index (χ2n) is 7.96. The van der Waals surface area contributed by atoms with E-state index in [0.29, 0.717) is 28.8 Å². The fourth-order valence-corrected chi connectivity index (χ4v) is 4.27. The summed E-state index contributed by atoms with van der Waals surface area (Å²) in [6.07, 6.45) is 5.08. The molecule has 0 spiro atoms. The highest BCUT2D eigenvalue weighted by atomic mass is 32.2. The average Bonchev–Trinajstić information content (AvgIpc) is 3.34. The zero-order valence-electron chi connectivity index (χ0n) is 20.3. The van der Waals surface area contributed by atoms with Gasteiger partial charge in [-0.1, -0.05) is 54.2 Å². The Kier molecular flexibility index (Phi) is 8.67. The molecule has 8 heteroatoms. The van der Waals surface area contributed by atoms with Gasteiger partial charge in [0.05, 0.1) is 12.9 Å². The Hall–Kier alpha value is -4.43. The minimum atomic E-state index is -0.188. The highest BCUT2D eigenvalue weighted by Gasteiger charge is 2.15. The van der Waals surface area contributed by atoms with Gasteiger partial charge in [0.25, 0.3) is 0 Å². The summed E-state index contributed by atoms with van der Waals surface area (Å²) >= 11 is 1.29. The lowest BCUT2D eigenvalue weighted by Crippen LogP contribution is -2.14. The number of ether oxygens (including phenoxy) is 1. The molecule has 0 unspecified atom stereocenters. The third kappa shape index (κ3) is 6.83. The summed E-state index contributed by atoms with van der Waals surface area (Å²) in [7, 11) is 1.62. The van der Waals surface area contributed by atoms with Gasteiger partial charge in [-0.3, -0.25) is 14.2 Å². The van der Waals surface area contributed by atoms with E-state index in [1.165, 1.54) is 11.8 Å². The molecule has 186 valence electrons. The van der Waals surface area contributed by atoms with Gasteiger partial charge in [0, 0.05) is 23.4 Å². The molecule has 0 aliphatic heterocycles.